The van der Waals surface area contributed by atoms with Gasteiger partial charge in [-0.1, -0.05) is 5.92 Å². The van der Waals surface area contributed by atoms with Gasteiger partial charge in [-0.15, -0.1) is 17.8 Å². The highest BCUT2D eigenvalue weighted by molar-refractivity contribution is 7.11. The molecule has 13 heavy (non-hydrogen) atoms. The molecule has 0 spiro atoms. The van der Waals surface area contributed by atoms with Crippen LogP contribution in [-0.4, -0.2) is 22.6 Å². The van der Waals surface area contributed by atoms with Crippen molar-refractivity contribution in [1.29, 1.82) is 0 Å². The van der Waals surface area contributed by atoms with Crippen molar-refractivity contribution in [2.24, 2.45) is 0 Å². The Hall–Kier alpha value is -1.38. The van der Waals surface area contributed by atoms with E-state index in [1.165, 1.54) is 0 Å². The predicted octanol–water partition coefficient (Wildman–Crippen LogP) is 0.564. The number of hydrogen-bond acceptors (Lipinski definition) is 4. The highest BCUT2D eigenvalue weighted by atomic mass is 32.1. The Balaban J connectivity index is 2.50. The molecule has 0 atom stereocenters. The summed E-state index contributed by atoms with van der Waals surface area (Å²) in [5, 5.41) is 13.3. The molecule has 1 aromatic heterocycles. The summed E-state index contributed by atoms with van der Waals surface area (Å²) in [7, 11) is 0. The number of aromatic carboxylic acids is 1. The molecule has 0 fully saturated rings. The first-order chi connectivity index (χ1) is 6.24. The molecule has 0 unspecified atom stereocenters. The fourth-order valence-corrected chi connectivity index (χ4v) is 1.40. The number of carboxylic acids is 1. The Labute approximate surface area is 79.6 Å². The normalized spacial score (nSPS) is 9.46. The number of nitrogens with one attached hydrogen (secondary N) is 1. The standard InChI is InChI=1S/C8H8N2O2S/c1-2-3-9-4-6-5-13-7(10-6)8(11)12/h1,5,9H,3-4H2,(H,11,12). The molecule has 5 heteroatoms. The molecule has 0 aliphatic heterocycles. The lowest BCUT2D eigenvalue weighted by Gasteiger charge is -1.94. The van der Waals surface area contributed by atoms with E-state index in [9.17, 15) is 4.79 Å². The van der Waals surface area contributed by atoms with E-state index < -0.39 is 5.97 Å². The van der Waals surface area contributed by atoms with Crippen LogP contribution in [0.25, 0.3) is 0 Å². The van der Waals surface area contributed by atoms with Crippen molar-refractivity contribution in [3.8, 4) is 12.3 Å². The molecule has 68 valence electrons. The Morgan fingerprint density at radius 3 is 3.15 bits per heavy atom. The van der Waals surface area contributed by atoms with Crippen LogP contribution in [0.4, 0.5) is 0 Å². The van der Waals surface area contributed by atoms with Gasteiger partial charge < -0.3 is 10.4 Å². The maximum atomic E-state index is 10.4. The third-order valence-electron chi connectivity index (χ3n) is 1.27. The molecule has 0 aliphatic carbocycles. The number of carbonyl (C=O) groups is 1. The first-order valence-corrected chi connectivity index (χ1v) is 4.44. The van der Waals surface area contributed by atoms with Gasteiger partial charge in [-0.3, -0.25) is 0 Å². The van der Waals surface area contributed by atoms with Crippen LogP contribution in [0.2, 0.25) is 0 Å². The van der Waals surface area contributed by atoms with E-state index in [2.05, 4.69) is 16.2 Å². The highest BCUT2D eigenvalue weighted by Gasteiger charge is 2.07. The van der Waals surface area contributed by atoms with Crippen molar-refractivity contribution in [3.05, 3.63) is 16.1 Å². The van der Waals surface area contributed by atoms with Gasteiger partial charge in [0, 0.05) is 11.9 Å². The van der Waals surface area contributed by atoms with E-state index in [0.717, 1.165) is 11.3 Å². The predicted molar refractivity (Wildman–Crippen MR) is 49.6 cm³/mol. The Bertz CT molecular complexity index is 340. The van der Waals surface area contributed by atoms with Gasteiger partial charge in [-0.2, -0.15) is 0 Å². The van der Waals surface area contributed by atoms with Gasteiger partial charge in [0.2, 0.25) is 5.01 Å². The smallest absolute Gasteiger partial charge is 0.365 e. The molecule has 1 heterocycles. The minimum Gasteiger partial charge on any atom is -0.476 e. The number of terminal acetylenes is 1. The van der Waals surface area contributed by atoms with Gasteiger partial charge in [0.1, 0.15) is 0 Å². The van der Waals surface area contributed by atoms with Crippen LogP contribution in [0.15, 0.2) is 5.38 Å². The lowest BCUT2D eigenvalue weighted by atomic mass is 10.5. The molecule has 0 saturated heterocycles. The molecule has 4 nitrogen and oxygen atoms in total. The second-order valence-corrected chi connectivity index (χ2v) is 3.11. The van der Waals surface area contributed by atoms with Crippen molar-refractivity contribution >= 4 is 17.3 Å². The number of hydrogen-bond donors (Lipinski definition) is 2. The van der Waals surface area contributed by atoms with Crippen LogP contribution in [0.3, 0.4) is 0 Å². The van der Waals surface area contributed by atoms with E-state index >= 15 is 0 Å². The topological polar surface area (TPSA) is 62.2 Å². The highest BCUT2D eigenvalue weighted by Crippen LogP contribution is 2.08. The van der Waals surface area contributed by atoms with E-state index in [4.69, 9.17) is 11.5 Å². The first-order valence-electron chi connectivity index (χ1n) is 3.56. The second-order valence-electron chi connectivity index (χ2n) is 2.26. The molecule has 0 amide bonds. The summed E-state index contributed by atoms with van der Waals surface area (Å²) in [4.78, 5) is 14.3. The summed E-state index contributed by atoms with van der Waals surface area (Å²) < 4.78 is 0. The van der Waals surface area contributed by atoms with Crippen LogP contribution in [-0.2, 0) is 6.54 Å². The lowest BCUT2D eigenvalue weighted by molar-refractivity contribution is 0.0696. The molecular formula is C8H8N2O2S. The summed E-state index contributed by atoms with van der Waals surface area (Å²) in [6, 6.07) is 0. The van der Waals surface area contributed by atoms with E-state index in [-0.39, 0.29) is 5.01 Å². The number of carboxylic acid groups (broad SMARTS) is 1. The minimum absolute atomic E-state index is 0.109. The summed E-state index contributed by atoms with van der Waals surface area (Å²) in [6.45, 7) is 0.966. The van der Waals surface area contributed by atoms with Crippen molar-refractivity contribution < 1.29 is 9.90 Å². The third kappa shape index (κ3) is 2.86. The van der Waals surface area contributed by atoms with Crippen LogP contribution in [0, 0.1) is 12.3 Å². The second kappa shape index (κ2) is 4.60. The Kier molecular flexibility index (Phi) is 3.43. The Morgan fingerprint density at radius 2 is 2.62 bits per heavy atom. The molecule has 0 radical (unpaired) electrons. The number of thiazole rings is 1. The number of nitrogens with zero attached hydrogens (tertiary/aromatic N) is 1. The summed E-state index contributed by atoms with van der Waals surface area (Å²) in [6.07, 6.45) is 5.02. The van der Waals surface area contributed by atoms with Gasteiger partial charge in [-0.05, 0) is 0 Å². The third-order valence-corrected chi connectivity index (χ3v) is 2.15. The minimum atomic E-state index is -0.992. The summed E-state index contributed by atoms with van der Waals surface area (Å²) in [5.41, 5.74) is 0.706. The lowest BCUT2D eigenvalue weighted by Crippen LogP contribution is -2.13. The zero-order chi connectivity index (χ0) is 9.68. The molecule has 2 N–H and O–H groups in total. The van der Waals surface area contributed by atoms with E-state index in [1.54, 1.807) is 5.38 Å². The number of rotatable bonds is 4. The van der Waals surface area contributed by atoms with E-state index in [1.807, 2.05) is 0 Å². The average molecular weight is 196 g/mol. The monoisotopic (exact) mass is 196 g/mol. The number of aromatic nitrogens is 1. The maximum absolute atomic E-state index is 10.4. The largest absolute Gasteiger partial charge is 0.476 e. The van der Waals surface area contributed by atoms with Crippen LogP contribution in [0.1, 0.15) is 15.5 Å². The van der Waals surface area contributed by atoms with Crippen LogP contribution >= 0.6 is 11.3 Å². The first kappa shape index (κ1) is 9.71. The van der Waals surface area contributed by atoms with E-state index in [0.29, 0.717) is 18.8 Å². The zero-order valence-electron chi connectivity index (χ0n) is 6.78. The van der Waals surface area contributed by atoms with Crippen LogP contribution in [0.5, 0.6) is 0 Å². The molecule has 1 rings (SSSR count). The van der Waals surface area contributed by atoms with Gasteiger partial charge in [-0.25, -0.2) is 9.78 Å². The fourth-order valence-electron chi connectivity index (χ4n) is 0.749. The fraction of sp³-hybridized carbons (Fsp3) is 0.250. The van der Waals surface area contributed by atoms with Gasteiger partial charge in [0.25, 0.3) is 0 Å². The van der Waals surface area contributed by atoms with Gasteiger partial charge >= 0.3 is 5.97 Å². The molecule has 0 bridgehead atoms. The zero-order valence-corrected chi connectivity index (χ0v) is 7.60. The van der Waals surface area contributed by atoms with Crippen molar-refractivity contribution in [3.63, 3.8) is 0 Å². The molecule has 1 aromatic rings. The van der Waals surface area contributed by atoms with Crippen LogP contribution < -0.4 is 5.32 Å². The SMILES string of the molecule is C#CCNCc1csc(C(=O)O)n1. The summed E-state index contributed by atoms with van der Waals surface area (Å²) in [5.74, 6) is 1.42. The summed E-state index contributed by atoms with van der Waals surface area (Å²) >= 11 is 1.11. The maximum Gasteiger partial charge on any atom is 0.365 e. The van der Waals surface area contributed by atoms with Gasteiger partial charge in [0.15, 0.2) is 0 Å². The molecular weight excluding hydrogens is 188 g/mol. The van der Waals surface area contributed by atoms with Crippen molar-refractivity contribution in [2.75, 3.05) is 6.54 Å². The average Bonchev–Trinajstić information content (AvgIpc) is 2.53. The van der Waals surface area contributed by atoms with Crippen molar-refractivity contribution in [2.45, 2.75) is 6.54 Å². The molecule has 0 saturated carbocycles. The Morgan fingerprint density at radius 1 is 1.85 bits per heavy atom. The molecule has 0 aliphatic rings. The quantitative estimate of drug-likeness (QED) is 0.545. The van der Waals surface area contributed by atoms with Gasteiger partial charge in [0.05, 0.1) is 12.2 Å². The van der Waals surface area contributed by atoms with Crippen molar-refractivity contribution in [1.82, 2.24) is 10.3 Å². The molecule has 0 aromatic carbocycles.